The smallest absolute Gasteiger partial charge is 0.238 e. The van der Waals surface area contributed by atoms with Crippen LogP contribution >= 0.6 is 0 Å². The summed E-state index contributed by atoms with van der Waals surface area (Å²) in [4.78, 5) is 14.4. The van der Waals surface area contributed by atoms with Crippen molar-refractivity contribution in [2.75, 3.05) is 38.0 Å². The Morgan fingerprint density at radius 2 is 1.86 bits per heavy atom. The van der Waals surface area contributed by atoms with Crippen LogP contribution in [-0.4, -0.2) is 43.5 Å². The molecule has 1 aliphatic rings. The lowest BCUT2D eigenvalue weighted by Crippen LogP contribution is -2.41. The molecule has 0 saturated carbocycles. The van der Waals surface area contributed by atoms with Gasteiger partial charge < -0.3 is 10.6 Å². The van der Waals surface area contributed by atoms with Crippen LogP contribution in [0, 0.1) is 5.92 Å². The van der Waals surface area contributed by atoms with Crippen LogP contribution in [0.4, 0.5) is 5.69 Å². The molecule has 0 spiro atoms. The van der Waals surface area contributed by atoms with Gasteiger partial charge in [-0.05, 0) is 69.1 Å². The molecule has 122 valence electrons. The summed E-state index contributed by atoms with van der Waals surface area (Å²) in [7, 11) is 0. The lowest BCUT2D eigenvalue weighted by atomic mass is 9.97. The van der Waals surface area contributed by atoms with E-state index in [9.17, 15) is 4.79 Å². The van der Waals surface area contributed by atoms with E-state index in [2.05, 4.69) is 41.5 Å². The molecule has 1 heterocycles. The van der Waals surface area contributed by atoms with E-state index in [1.165, 1.54) is 18.4 Å². The topological polar surface area (TPSA) is 44.4 Å². The zero-order valence-electron chi connectivity index (χ0n) is 13.9. The lowest BCUT2D eigenvalue weighted by molar-refractivity contribution is -0.117. The van der Waals surface area contributed by atoms with Gasteiger partial charge in [0.05, 0.1) is 6.54 Å². The second-order valence-corrected chi connectivity index (χ2v) is 6.13. The maximum atomic E-state index is 12.1. The number of carbonyl (C=O) groups excluding carboxylic acids is 1. The normalized spacial score (nSPS) is 16.6. The number of piperidine rings is 1. The molecule has 1 fully saturated rings. The fraction of sp³-hybridized carbons (Fsp3) is 0.611. The summed E-state index contributed by atoms with van der Waals surface area (Å²) in [5.74, 6) is 0.857. The number of hydrogen-bond acceptors (Lipinski definition) is 3. The van der Waals surface area contributed by atoms with Crippen LogP contribution in [0.3, 0.4) is 0 Å². The van der Waals surface area contributed by atoms with Crippen LogP contribution in [0.1, 0.15) is 32.3 Å². The summed E-state index contributed by atoms with van der Waals surface area (Å²) >= 11 is 0. The van der Waals surface area contributed by atoms with Crippen molar-refractivity contribution in [1.29, 1.82) is 0 Å². The molecule has 2 rings (SSSR count). The van der Waals surface area contributed by atoms with Crippen molar-refractivity contribution in [3.63, 3.8) is 0 Å². The standard InChI is InChI=1S/C18H29N3O/c1-3-15-5-7-17(8-6-15)20-18(22)14-21-11-9-16(10-12-21)13-19-4-2/h5-8,16,19H,3-4,9-14H2,1-2H3,(H,20,22). The van der Waals surface area contributed by atoms with Crippen molar-refractivity contribution in [2.45, 2.75) is 33.1 Å². The summed E-state index contributed by atoms with van der Waals surface area (Å²) < 4.78 is 0. The minimum atomic E-state index is 0.0920. The first-order chi connectivity index (χ1) is 10.7. The Morgan fingerprint density at radius 1 is 1.18 bits per heavy atom. The Hall–Kier alpha value is -1.39. The Morgan fingerprint density at radius 3 is 2.45 bits per heavy atom. The van der Waals surface area contributed by atoms with Crippen molar-refractivity contribution in [2.24, 2.45) is 5.92 Å². The second kappa shape index (κ2) is 8.91. The van der Waals surface area contributed by atoms with E-state index in [0.717, 1.165) is 44.2 Å². The zero-order chi connectivity index (χ0) is 15.8. The van der Waals surface area contributed by atoms with Crippen LogP contribution in [0.15, 0.2) is 24.3 Å². The van der Waals surface area contributed by atoms with Crippen molar-refractivity contribution in [3.8, 4) is 0 Å². The van der Waals surface area contributed by atoms with Gasteiger partial charge in [0.1, 0.15) is 0 Å². The molecule has 0 aliphatic carbocycles. The summed E-state index contributed by atoms with van der Waals surface area (Å²) in [6, 6.07) is 8.11. The van der Waals surface area contributed by atoms with E-state index in [0.29, 0.717) is 6.54 Å². The highest BCUT2D eigenvalue weighted by atomic mass is 16.2. The predicted octanol–water partition coefficient (Wildman–Crippen LogP) is 2.51. The molecule has 4 heteroatoms. The number of anilines is 1. The largest absolute Gasteiger partial charge is 0.325 e. The van der Waals surface area contributed by atoms with Gasteiger partial charge in [-0.25, -0.2) is 0 Å². The molecular formula is C18H29N3O. The molecule has 4 nitrogen and oxygen atoms in total. The number of hydrogen-bond donors (Lipinski definition) is 2. The average Bonchev–Trinajstić information content (AvgIpc) is 2.55. The van der Waals surface area contributed by atoms with Crippen molar-refractivity contribution >= 4 is 11.6 Å². The molecule has 22 heavy (non-hydrogen) atoms. The minimum absolute atomic E-state index is 0.0920. The second-order valence-electron chi connectivity index (χ2n) is 6.13. The van der Waals surface area contributed by atoms with Crippen LogP contribution < -0.4 is 10.6 Å². The van der Waals surface area contributed by atoms with Gasteiger partial charge in [-0.3, -0.25) is 9.69 Å². The van der Waals surface area contributed by atoms with Crippen LogP contribution in [-0.2, 0) is 11.2 Å². The summed E-state index contributed by atoms with van der Waals surface area (Å²) in [5.41, 5.74) is 2.19. The summed E-state index contributed by atoms with van der Waals surface area (Å²) in [5, 5.41) is 6.41. The molecule has 1 aromatic carbocycles. The van der Waals surface area contributed by atoms with Crippen LogP contribution in [0.25, 0.3) is 0 Å². The van der Waals surface area contributed by atoms with Gasteiger partial charge in [0.15, 0.2) is 0 Å². The highest BCUT2D eigenvalue weighted by Crippen LogP contribution is 2.16. The Bertz CT molecular complexity index is 450. The minimum Gasteiger partial charge on any atom is -0.325 e. The fourth-order valence-electron chi connectivity index (χ4n) is 2.92. The molecule has 2 N–H and O–H groups in total. The molecule has 1 saturated heterocycles. The maximum Gasteiger partial charge on any atom is 0.238 e. The first kappa shape index (κ1) is 17.0. The van der Waals surface area contributed by atoms with E-state index in [4.69, 9.17) is 0 Å². The predicted molar refractivity (Wildman–Crippen MR) is 92.2 cm³/mol. The van der Waals surface area contributed by atoms with E-state index in [-0.39, 0.29) is 5.91 Å². The van der Waals surface area contributed by atoms with E-state index < -0.39 is 0 Å². The molecular weight excluding hydrogens is 274 g/mol. The maximum absolute atomic E-state index is 12.1. The van der Waals surface area contributed by atoms with Gasteiger partial charge >= 0.3 is 0 Å². The number of nitrogens with zero attached hydrogens (tertiary/aromatic N) is 1. The van der Waals surface area contributed by atoms with Gasteiger partial charge in [-0.2, -0.15) is 0 Å². The van der Waals surface area contributed by atoms with Crippen LogP contribution in [0.2, 0.25) is 0 Å². The average molecular weight is 303 g/mol. The Kier molecular flexibility index (Phi) is 6.87. The summed E-state index contributed by atoms with van der Waals surface area (Å²) in [6.07, 6.45) is 3.40. The Balaban J connectivity index is 1.71. The van der Waals surface area contributed by atoms with Crippen LogP contribution in [0.5, 0.6) is 0 Å². The number of nitrogens with one attached hydrogen (secondary N) is 2. The number of aryl methyl sites for hydroxylation is 1. The number of likely N-dealkylation sites (tertiary alicyclic amines) is 1. The highest BCUT2D eigenvalue weighted by Gasteiger charge is 2.20. The third-order valence-electron chi connectivity index (χ3n) is 4.40. The molecule has 0 bridgehead atoms. The van der Waals surface area contributed by atoms with Gasteiger partial charge in [-0.15, -0.1) is 0 Å². The molecule has 1 aromatic rings. The van der Waals surface area contributed by atoms with Crippen molar-refractivity contribution in [3.05, 3.63) is 29.8 Å². The van der Waals surface area contributed by atoms with Gasteiger partial charge in [0, 0.05) is 5.69 Å². The van der Waals surface area contributed by atoms with E-state index >= 15 is 0 Å². The third-order valence-corrected chi connectivity index (χ3v) is 4.40. The van der Waals surface area contributed by atoms with Crippen molar-refractivity contribution < 1.29 is 4.79 Å². The molecule has 0 atom stereocenters. The van der Waals surface area contributed by atoms with E-state index in [1.54, 1.807) is 0 Å². The van der Waals surface area contributed by atoms with Gasteiger partial charge in [-0.1, -0.05) is 26.0 Å². The van der Waals surface area contributed by atoms with Gasteiger partial charge in [0.25, 0.3) is 0 Å². The molecule has 0 aromatic heterocycles. The molecule has 1 aliphatic heterocycles. The number of carbonyl (C=O) groups is 1. The van der Waals surface area contributed by atoms with Gasteiger partial charge in [0.2, 0.25) is 5.91 Å². The molecule has 1 amide bonds. The molecule has 0 radical (unpaired) electrons. The number of rotatable bonds is 7. The fourth-order valence-corrected chi connectivity index (χ4v) is 2.92. The summed E-state index contributed by atoms with van der Waals surface area (Å²) in [6.45, 7) is 8.99. The monoisotopic (exact) mass is 303 g/mol. The first-order valence-corrected chi connectivity index (χ1v) is 8.53. The zero-order valence-corrected chi connectivity index (χ0v) is 13.9. The third kappa shape index (κ3) is 5.43. The highest BCUT2D eigenvalue weighted by molar-refractivity contribution is 5.92. The Labute approximate surface area is 134 Å². The molecule has 0 unspecified atom stereocenters. The quantitative estimate of drug-likeness (QED) is 0.813. The van der Waals surface area contributed by atoms with Crippen molar-refractivity contribution in [1.82, 2.24) is 10.2 Å². The first-order valence-electron chi connectivity index (χ1n) is 8.53. The lowest BCUT2D eigenvalue weighted by Gasteiger charge is -2.31. The number of benzene rings is 1. The number of amides is 1. The SMILES string of the molecule is CCNCC1CCN(CC(=O)Nc2ccc(CC)cc2)CC1. The van der Waals surface area contributed by atoms with E-state index in [1.807, 2.05) is 12.1 Å².